The summed E-state index contributed by atoms with van der Waals surface area (Å²) in [6.45, 7) is -0.714. The van der Waals surface area contributed by atoms with Crippen molar-refractivity contribution in [1.29, 1.82) is 0 Å². The second kappa shape index (κ2) is 3.79. The number of halogens is 3. The SMILES string of the molecule is NCC(F)(c1ccccc1)C(F)F. The van der Waals surface area contributed by atoms with Crippen LogP contribution in [0.5, 0.6) is 0 Å². The number of benzene rings is 1. The topological polar surface area (TPSA) is 26.0 Å². The molecule has 0 fully saturated rings. The zero-order chi connectivity index (χ0) is 9.90. The van der Waals surface area contributed by atoms with E-state index < -0.39 is 18.6 Å². The smallest absolute Gasteiger partial charge is 0.277 e. The van der Waals surface area contributed by atoms with E-state index in [-0.39, 0.29) is 5.56 Å². The Morgan fingerprint density at radius 3 is 2.15 bits per heavy atom. The van der Waals surface area contributed by atoms with Gasteiger partial charge < -0.3 is 5.73 Å². The molecule has 1 rings (SSSR count). The van der Waals surface area contributed by atoms with Crippen molar-refractivity contribution < 1.29 is 13.2 Å². The van der Waals surface area contributed by atoms with Crippen molar-refractivity contribution in [2.24, 2.45) is 5.73 Å². The van der Waals surface area contributed by atoms with Crippen molar-refractivity contribution >= 4 is 0 Å². The molecule has 0 aromatic heterocycles. The zero-order valence-electron chi connectivity index (χ0n) is 6.88. The molecule has 0 radical (unpaired) electrons. The van der Waals surface area contributed by atoms with Gasteiger partial charge >= 0.3 is 0 Å². The van der Waals surface area contributed by atoms with Crippen LogP contribution in [-0.4, -0.2) is 13.0 Å². The molecular formula is C9H10F3N. The van der Waals surface area contributed by atoms with Gasteiger partial charge in [-0.1, -0.05) is 30.3 Å². The van der Waals surface area contributed by atoms with Gasteiger partial charge in [0, 0.05) is 6.54 Å². The first-order chi connectivity index (χ1) is 6.11. The highest BCUT2D eigenvalue weighted by Crippen LogP contribution is 2.31. The molecule has 0 spiro atoms. The van der Waals surface area contributed by atoms with Crippen LogP contribution in [0.4, 0.5) is 13.2 Å². The van der Waals surface area contributed by atoms with E-state index in [4.69, 9.17) is 5.73 Å². The molecule has 0 bridgehead atoms. The Balaban J connectivity index is 3.03. The highest BCUT2D eigenvalue weighted by molar-refractivity contribution is 5.23. The Hall–Kier alpha value is -1.03. The minimum absolute atomic E-state index is 0.0764. The van der Waals surface area contributed by atoms with Gasteiger partial charge in [0.25, 0.3) is 6.43 Å². The third-order valence-corrected chi connectivity index (χ3v) is 1.90. The fourth-order valence-corrected chi connectivity index (χ4v) is 1.05. The molecule has 1 nitrogen and oxygen atoms in total. The predicted molar refractivity (Wildman–Crippen MR) is 44.3 cm³/mol. The average molecular weight is 189 g/mol. The Bertz CT molecular complexity index is 263. The van der Waals surface area contributed by atoms with Crippen molar-refractivity contribution in [2.75, 3.05) is 6.54 Å². The summed E-state index contributed by atoms with van der Waals surface area (Å²) in [4.78, 5) is 0. The lowest BCUT2D eigenvalue weighted by atomic mass is 9.96. The standard InChI is InChI=1S/C9H10F3N/c10-8(11)9(12,6-13)7-4-2-1-3-5-7/h1-5,8H,6,13H2. The molecule has 0 saturated carbocycles. The molecule has 4 heteroatoms. The van der Waals surface area contributed by atoms with Gasteiger partial charge in [-0.05, 0) is 5.56 Å². The molecule has 0 aliphatic heterocycles. The molecule has 2 N–H and O–H groups in total. The van der Waals surface area contributed by atoms with E-state index in [0.29, 0.717) is 0 Å². The summed E-state index contributed by atoms with van der Waals surface area (Å²) in [5, 5.41) is 0. The summed E-state index contributed by atoms with van der Waals surface area (Å²) in [5.74, 6) is 0. The Morgan fingerprint density at radius 1 is 1.23 bits per heavy atom. The molecule has 1 aromatic carbocycles. The number of alkyl halides is 3. The van der Waals surface area contributed by atoms with Crippen molar-refractivity contribution in [3.05, 3.63) is 35.9 Å². The van der Waals surface area contributed by atoms with E-state index in [0.717, 1.165) is 0 Å². The highest BCUT2D eigenvalue weighted by atomic mass is 19.3. The molecule has 0 aliphatic carbocycles. The molecule has 1 atom stereocenters. The molecule has 13 heavy (non-hydrogen) atoms. The lowest BCUT2D eigenvalue weighted by Gasteiger charge is -2.22. The highest BCUT2D eigenvalue weighted by Gasteiger charge is 2.40. The van der Waals surface area contributed by atoms with Crippen molar-refractivity contribution in [1.82, 2.24) is 0 Å². The van der Waals surface area contributed by atoms with E-state index in [9.17, 15) is 13.2 Å². The predicted octanol–water partition coefficient (Wildman–Crippen LogP) is 2.08. The lowest BCUT2D eigenvalue weighted by molar-refractivity contribution is -0.0325. The first-order valence-electron chi connectivity index (χ1n) is 3.84. The minimum atomic E-state index is -3.10. The molecule has 1 aromatic rings. The van der Waals surface area contributed by atoms with Gasteiger partial charge in [-0.3, -0.25) is 0 Å². The van der Waals surface area contributed by atoms with Crippen LogP contribution >= 0.6 is 0 Å². The number of hydrogen-bond donors (Lipinski definition) is 1. The van der Waals surface area contributed by atoms with Gasteiger partial charge in [0.15, 0.2) is 0 Å². The van der Waals surface area contributed by atoms with E-state index in [1.54, 1.807) is 6.07 Å². The molecule has 0 saturated heterocycles. The van der Waals surface area contributed by atoms with E-state index in [1.807, 2.05) is 0 Å². The van der Waals surface area contributed by atoms with Crippen molar-refractivity contribution in [3.8, 4) is 0 Å². The van der Waals surface area contributed by atoms with Gasteiger partial charge in [0.05, 0.1) is 0 Å². The van der Waals surface area contributed by atoms with Gasteiger partial charge in [0.2, 0.25) is 5.67 Å². The normalized spacial score (nSPS) is 15.8. The van der Waals surface area contributed by atoms with Gasteiger partial charge in [-0.15, -0.1) is 0 Å². The summed E-state index contributed by atoms with van der Waals surface area (Å²) in [7, 11) is 0. The summed E-state index contributed by atoms with van der Waals surface area (Å²) in [6, 6.07) is 7.24. The summed E-state index contributed by atoms with van der Waals surface area (Å²) < 4.78 is 38.1. The number of hydrogen-bond acceptors (Lipinski definition) is 1. The molecule has 0 aliphatic rings. The van der Waals surface area contributed by atoms with E-state index in [2.05, 4.69) is 0 Å². The van der Waals surface area contributed by atoms with Crippen LogP contribution < -0.4 is 5.73 Å². The Morgan fingerprint density at radius 2 is 1.77 bits per heavy atom. The maximum atomic E-state index is 13.5. The molecule has 0 amide bonds. The maximum Gasteiger partial charge on any atom is 0.277 e. The minimum Gasteiger partial charge on any atom is -0.327 e. The monoisotopic (exact) mass is 189 g/mol. The van der Waals surface area contributed by atoms with Crippen LogP contribution in [0.3, 0.4) is 0 Å². The van der Waals surface area contributed by atoms with Gasteiger partial charge in [0.1, 0.15) is 0 Å². The van der Waals surface area contributed by atoms with Crippen LogP contribution in [0.25, 0.3) is 0 Å². The molecule has 1 unspecified atom stereocenters. The third-order valence-electron chi connectivity index (χ3n) is 1.90. The lowest BCUT2D eigenvalue weighted by Crippen LogP contribution is -2.37. The summed E-state index contributed by atoms with van der Waals surface area (Å²) in [5.41, 5.74) is 2.19. The fraction of sp³-hybridized carbons (Fsp3) is 0.333. The summed E-state index contributed by atoms with van der Waals surface area (Å²) in [6.07, 6.45) is -3.10. The van der Waals surface area contributed by atoms with Crippen LogP contribution in [0.2, 0.25) is 0 Å². The quantitative estimate of drug-likeness (QED) is 0.773. The van der Waals surface area contributed by atoms with E-state index in [1.165, 1.54) is 24.3 Å². The average Bonchev–Trinajstić information content (AvgIpc) is 2.17. The van der Waals surface area contributed by atoms with Crippen molar-refractivity contribution in [2.45, 2.75) is 12.1 Å². The summed E-state index contributed by atoms with van der Waals surface area (Å²) >= 11 is 0. The number of rotatable bonds is 3. The van der Waals surface area contributed by atoms with Crippen LogP contribution in [0.1, 0.15) is 5.56 Å². The first-order valence-corrected chi connectivity index (χ1v) is 3.84. The molecular weight excluding hydrogens is 179 g/mol. The fourth-order valence-electron chi connectivity index (χ4n) is 1.05. The third kappa shape index (κ3) is 1.83. The molecule has 72 valence electrons. The van der Waals surface area contributed by atoms with Gasteiger partial charge in [-0.2, -0.15) is 0 Å². The molecule has 0 heterocycles. The Kier molecular flexibility index (Phi) is 2.93. The van der Waals surface area contributed by atoms with Gasteiger partial charge in [-0.25, -0.2) is 13.2 Å². The number of nitrogens with two attached hydrogens (primary N) is 1. The Labute approximate surface area is 74.4 Å². The van der Waals surface area contributed by atoms with Crippen LogP contribution in [0, 0.1) is 0 Å². The van der Waals surface area contributed by atoms with Crippen LogP contribution in [-0.2, 0) is 5.67 Å². The van der Waals surface area contributed by atoms with Crippen molar-refractivity contribution in [3.63, 3.8) is 0 Å². The second-order valence-corrected chi connectivity index (χ2v) is 2.73. The first kappa shape index (κ1) is 10.1. The maximum absolute atomic E-state index is 13.5. The second-order valence-electron chi connectivity index (χ2n) is 2.73. The zero-order valence-corrected chi connectivity index (χ0v) is 6.88. The van der Waals surface area contributed by atoms with Crippen LogP contribution in [0.15, 0.2) is 30.3 Å². The van der Waals surface area contributed by atoms with E-state index >= 15 is 0 Å². The largest absolute Gasteiger partial charge is 0.327 e.